The Morgan fingerprint density at radius 1 is 0.562 bits per heavy atom. The molecule has 6 N–H and O–H groups in total. The van der Waals surface area contributed by atoms with Crippen LogP contribution in [-0.4, -0.2) is 79.3 Å². The molecule has 0 aliphatic heterocycles. The lowest BCUT2D eigenvalue weighted by molar-refractivity contribution is -0.187. The first kappa shape index (κ1) is 56.1. The summed E-state index contributed by atoms with van der Waals surface area (Å²) in [4.78, 5) is 53.0. The van der Waals surface area contributed by atoms with E-state index in [0.717, 1.165) is 12.2 Å². The summed E-state index contributed by atoms with van der Waals surface area (Å²) in [5.74, 6) is -7.31. The van der Waals surface area contributed by atoms with Crippen molar-refractivity contribution in [1.29, 1.82) is 0 Å². The van der Waals surface area contributed by atoms with Gasteiger partial charge in [-0.2, -0.15) is 26.3 Å². The number of anilines is 2. The van der Waals surface area contributed by atoms with Crippen molar-refractivity contribution in [2.75, 3.05) is 38.9 Å². The second kappa shape index (κ2) is 25.5. The molecule has 5 rings (SSSR count). The van der Waals surface area contributed by atoms with Gasteiger partial charge in [-0.25, -0.2) is 9.59 Å². The van der Waals surface area contributed by atoms with Crippen LogP contribution < -0.4 is 39.9 Å². The molecule has 0 aliphatic rings. The fraction of sp³-hybridized carbons (Fsp3) is 0.283. The summed E-state index contributed by atoms with van der Waals surface area (Å²) < 4.78 is 107. The predicted octanol–water partition coefficient (Wildman–Crippen LogP) is 10.2. The molecule has 0 aromatic heterocycles. The highest BCUT2D eigenvalue weighted by atomic mass is 19.4. The van der Waals surface area contributed by atoms with Crippen LogP contribution in [0.5, 0.6) is 34.5 Å². The van der Waals surface area contributed by atoms with Gasteiger partial charge in [0.2, 0.25) is 11.6 Å². The van der Waals surface area contributed by atoms with Gasteiger partial charge in [-0.15, -0.1) is 0 Å². The molecule has 5 aromatic rings. The predicted molar refractivity (Wildman–Crippen MR) is 257 cm³/mol. The van der Waals surface area contributed by atoms with Crippen LogP contribution >= 0.6 is 0 Å². The lowest BCUT2D eigenvalue weighted by atomic mass is 9.83. The van der Waals surface area contributed by atoms with Crippen LogP contribution in [0.15, 0.2) is 115 Å². The number of carbonyl (C=O) groups excluding carboxylic acids is 4. The monoisotopic (exact) mass is 1020 g/mol. The Labute approximate surface area is 415 Å². The second-order valence-electron chi connectivity index (χ2n) is 16.4. The maximum atomic E-state index is 13.6. The Bertz CT molecular complexity index is 2740. The largest absolute Gasteiger partial charge is 0.494 e. The summed E-state index contributed by atoms with van der Waals surface area (Å²) in [6.07, 6.45) is -6.05. The number of aliphatic hydroxyl groups is 2. The summed E-state index contributed by atoms with van der Waals surface area (Å²) >= 11 is 0. The van der Waals surface area contributed by atoms with E-state index in [-0.39, 0.29) is 90.0 Å². The Morgan fingerprint density at radius 3 is 1.40 bits per heavy atom. The number of ether oxygens (including phenoxy) is 6. The number of carbonyl (C=O) groups is 4. The maximum absolute atomic E-state index is 13.6. The van der Waals surface area contributed by atoms with E-state index in [4.69, 9.17) is 39.9 Å². The molecule has 0 radical (unpaired) electrons. The maximum Gasteiger partial charge on any atom is 0.389 e. The molecule has 0 aliphatic carbocycles. The molecule has 20 heteroatoms. The van der Waals surface area contributed by atoms with E-state index < -0.39 is 66.8 Å². The minimum atomic E-state index is -4.24. The Balaban J connectivity index is 1.22. The van der Waals surface area contributed by atoms with Crippen LogP contribution in [0.4, 0.5) is 37.7 Å². The number of hydrogen-bond acceptors (Lipinski definition) is 14. The summed E-state index contributed by atoms with van der Waals surface area (Å²) in [7, 11) is 2.63. The van der Waals surface area contributed by atoms with E-state index in [9.17, 15) is 55.7 Å². The van der Waals surface area contributed by atoms with Crippen molar-refractivity contribution in [1.82, 2.24) is 0 Å². The number of benzene rings is 5. The summed E-state index contributed by atoms with van der Waals surface area (Å²) in [5.41, 5.74) is 13.3. The molecule has 0 amide bonds. The quantitative estimate of drug-likeness (QED) is 0.00814. The molecule has 0 spiro atoms. The van der Waals surface area contributed by atoms with Crippen molar-refractivity contribution >= 4 is 47.0 Å². The highest BCUT2D eigenvalue weighted by molar-refractivity contribution is 6.01. The topological polar surface area (TPSA) is 216 Å². The molecule has 5 aromatic carbocycles. The number of unbranched alkanes of at least 4 members (excludes halogenated alkanes) is 2. The van der Waals surface area contributed by atoms with Gasteiger partial charge in [-0.3, -0.25) is 9.59 Å². The number of esters is 2. The van der Waals surface area contributed by atoms with Crippen molar-refractivity contribution in [3.63, 3.8) is 0 Å². The number of nitrogen functional groups attached to an aromatic ring is 2. The first-order valence-corrected chi connectivity index (χ1v) is 22.5. The van der Waals surface area contributed by atoms with Gasteiger partial charge >= 0.3 is 24.3 Å². The molecule has 0 saturated carbocycles. The number of halogens is 6. The van der Waals surface area contributed by atoms with Gasteiger partial charge in [-0.05, 0) is 146 Å². The SMILES string of the molecule is COc1cc(C=CC(=O)CC(c2cc(N)cc(N)c2)C(O)(O)C(=O)C=Cc2ccc(OC(=O)c3ccc(OCCCCC(F)(F)F)cc3)c(OC)c2)ccc1OC(=O)c1ccc(OCCCCC(F)(F)F)cc1. The van der Waals surface area contributed by atoms with E-state index in [1.807, 2.05) is 0 Å². The Kier molecular flexibility index (Phi) is 19.6. The molecule has 1 atom stereocenters. The third kappa shape index (κ3) is 17.8. The van der Waals surface area contributed by atoms with Crippen LogP contribution in [0.25, 0.3) is 12.2 Å². The van der Waals surface area contributed by atoms with E-state index in [1.54, 1.807) is 0 Å². The first-order chi connectivity index (χ1) is 34.5. The smallest absolute Gasteiger partial charge is 0.389 e. The molecule has 14 nitrogen and oxygen atoms in total. The normalized spacial score (nSPS) is 12.4. The average molecular weight is 1020 g/mol. The summed E-state index contributed by atoms with van der Waals surface area (Å²) in [6.45, 7) is 0.121. The highest BCUT2D eigenvalue weighted by Gasteiger charge is 2.42. The Hall–Kier alpha value is -7.84. The van der Waals surface area contributed by atoms with Crippen molar-refractivity contribution in [3.8, 4) is 34.5 Å². The number of alkyl halides is 6. The van der Waals surface area contributed by atoms with Gasteiger partial charge in [0.25, 0.3) is 0 Å². The zero-order valence-corrected chi connectivity index (χ0v) is 39.5. The van der Waals surface area contributed by atoms with Gasteiger partial charge in [0.1, 0.15) is 11.5 Å². The zero-order chi connectivity index (χ0) is 53.3. The lowest BCUT2D eigenvalue weighted by Gasteiger charge is -2.29. The molecular weight excluding hydrogens is 971 g/mol. The minimum absolute atomic E-state index is 0.00240. The molecular formula is C53H52F6N2O12. The van der Waals surface area contributed by atoms with E-state index in [0.29, 0.717) is 22.6 Å². The molecule has 0 bridgehead atoms. The van der Waals surface area contributed by atoms with E-state index in [1.165, 1.54) is 129 Å². The van der Waals surface area contributed by atoms with Crippen LogP contribution in [-0.2, 0) is 9.59 Å². The molecule has 73 heavy (non-hydrogen) atoms. The molecule has 0 heterocycles. The number of hydrogen-bond donors (Lipinski definition) is 4. The number of allylic oxidation sites excluding steroid dienone is 1. The van der Waals surface area contributed by atoms with Crippen LogP contribution in [0.2, 0.25) is 0 Å². The van der Waals surface area contributed by atoms with Crippen molar-refractivity contribution < 1.29 is 84.2 Å². The van der Waals surface area contributed by atoms with Gasteiger partial charge in [0.05, 0.1) is 44.5 Å². The van der Waals surface area contributed by atoms with Crippen molar-refractivity contribution in [2.45, 2.75) is 69.0 Å². The van der Waals surface area contributed by atoms with Gasteiger partial charge in [0.15, 0.2) is 28.8 Å². The number of ketones is 2. The lowest BCUT2D eigenvalue weighted by Crippen LogP contribution is -2.44. The fourth-order valence-corrected chi connectivity index (χ4v) is 6.99. The number of rotatable bonds is 25. The molecule has 388 valence electrons. The van der Waals surface area contributed by atoms with Gasteiger partial charge in [-0.1, -0.05) is 24.3 Å². The summed E-state index contributed by atoms with van der Waals surface area (Å²) in [6, 6.07) is 24.3. The van der Waals surface area contributed by atoms with Gasteiger partial charge < -0.3 is 50.1 Å². The third-order valence-corrected chi connectivity index (χ3v) is 10.8. The van der Waals surface area contributed by atoms with Crippen molar-refractivity contribution in [3.05, 3.63) is 143 Å². The summed E-state index contributed by atoms with van der Waals surface area (Å²) in [5, 5.41) is 22.9. The molecule has 0 saturated heterocycles. The van der Waals surface area contributed by atoms with Crippen LogP contribution in [0.3, 0.4) is 0 Å². The first-order valence-electron chi connectivity index (χ1n) is 22.5. The van der Waals surface area contributed by atoms with Crippen molar-refractivity contribution in [2.24, 2.45) is 0 Å². The number of nitrogens with two attached hydrogens (primary N) is 2. The Morgan fingerprint density at radius 2 is 0.986 bits per heavy atom. The average Bonchev–Trinajstić information content (AvgIpc) is 3.33. The zero-order valence-electron chi connectivity index (χ0n) is 39.5. The van der Waals surface area contributed by atoms with E-state index >= 15 is 0 Å². The second-order valence-corrected chi connectivity index (χ2v) is 16.4. The van der Waals surface area contributed by atoms with Gasteiger partial charge in [0, 0.05) is 30.6 Å². The minimum Gasteiger partial charge on any atom is -0.494 e. The standard InChI is InChI=1S/C53H52F6N2O12/c1-68-46-27-33(8-20-44(46)72-49(64)35-11-16-41(17-12-35)70-25-5-3-23-51(54,55)56)7-15-40(62)32-43(37-29-38(60)31-39(61)30-37)53(66,67)48(63)22-10-34-9-21-45(47(28-34)69-2)73-50(65)36-13-18-42(19-14-36)71-26-6-4-24-52(57,58)59/h7-22,27-31,43,66-67H,3-6,23-26,32,60-61H2,1-2H3. The third-order valence-electron chi connectivity index (χ3n) is 10.8. The fourth-order valence-electron chi connectivity index (χ4n) is 6.99. The number of methoxy groups -OCH3 is 2. The highest BCUT2D eigenvalue weighted by Crippen LogP contribution is 2.36. The van der Waals surface area contributed by atoms with Crippen LogP contribution in [0.1, 0.15) is 88.3 Å². The van der Waals surface area contributed by atoms with E-state index in [2.05, 4.69) is 0 Å². The molecule has 0 fully saturated rings. The molecule has 1 unspecified atom stereocenters. The van der Waals surface area contributed by atoms with Crippen LogP contribution in [0, 0.1) is 0 Å².